The molecular formula is C12H14O2S. The van der Waals surface area contributed by atoms with Gasteiger partial charge in [-0.05, 0) is 25.5 Å². The van der Waals surface area contributed by atoms with E-state index in [1.165, 1.54) is 12.0 Å². The van der Waals surface area contributed by atoms with Gasteiger partial charge in [0.2, 0.25) is 0 Å². The first kappa shape index (κ1) is 10.6. The largest absolute Gasteiger partial charge is 0.469 e. The van der Waals surface area contributed by atoms with E-state index in [4.69, 9.17) is 4.74 Å². The van der Waals surface area contributed by atoms with Gasteiger partial charge < -0.3 is 4.74 Å². The molecule has 0 aromatic heterocycles. The first-order valence-electron chi connectivity index (χ1n) is 4.97. The molecule has 80 valence electrons. The molecule has 1 aliphatic rings. The van der Waals surface area contributed by atoms with E-state index in [0.717, 1.165) is 6.42 Å². The minimum absolute atomic E-state index is 0.0871. The van der Waals surface area contributed by atoms with Crippen LogP contribution in [0.2, 0.25) is 0 Å². The van der Waals surface area contributed by atoms with Crippen LogP contribution in [-0.2, 0) is 9.53 Å². The number of hydrogen-bond acceptors (Lipinski definition) is 3. The highest BCUT2D eigenvalue weighted by atomic mass is 32.2. The number of hydrogen-bond donors (Lipinski definition) is 0. The van der Waals surface area contributed by atoms with Gasteiger partial charge in [-0.15, -0.1) is 11.8 Å². The van der Waals surface area contributed by atoms with Crippen molar-refractivity contribution in [3.63, 3.8) is 0 Å². The maximum Gasteiger partial charge on any atom is 0.312 e. The van der Waals surface area contributed by atoms with E-state index in [1.807, 2.05) is 25.1 Å². The zero-order chi connectivity index (χ0) is 10.9. The lowest BCUT2D eigenvalue weighted by atomic mass is 10.1. The Kier molecular flexibility index (Phi) is 2.74. The lowest BCUT2D eigenvalue weighted by molar-refractivity contribution is -0.146. The lowest BCUT2D eigenvalue weighted by Gasteiger charge is -2.07. The smallest absolute Gasteiger partial charge is 0.312 e. The molecule has 0 N–H and O–H groups in total. The Morgan fingerprint density at radius 3 is 2.73 bits per heavy atom. The van der Waals surface area contributed by atoms with Crippen LogP contribution >= 0.6 is 11.8 Å². The average molecular weight is 222 g/mol. The van der Waals surface area contributed by atoms with Crippen molar-refractivity contribution in [2.75, 3.05) is 7.11 Å². The van der Waals surface area contributed by atoms with Crippen molar-refractivity contribution in [3.8, 4) is 0 Å². The summed E-state index contributed by atoms with van der Waals surface area (Å²) < 4.78 is 4.79. The van der Waals surface area contributed by atoms with E-state index < -0.39 is 0 Å². The lowest BCUT2D eigenvalue weighted by Crippen LogP contribution is -2.16. The molecule has 0 bridgehead atoms. The Hall–Kier alpha value is -0.960. The molecule has 0 spiro atoms. The predicted molar refractivity (Wildman–Crippen MR) is 60.8 cm³/mol. The Bertz CT molecular complexity index is 363. The van der Waals surface area contributed by atoms with Crippen molar-refractivity contribution in [3.05, 3.63) is 30.3 Å². The number of carbonyl (C=O) groups excluding carboxylic acids is 1. The Labute approximate surface area is 94.0 Å². The molecule has 3 heteroatoms. The fraction of sp³-hybridized carbons (Fsp3) is 0.417. The molecule has 0 amide bonds. The van der Waals surface area contributed by atoms with E-state index in [2.05, 4.69) is 12.1 Å². The quantitative estimate of drug-likeness (QED) is 0.736. The second kappa shape index (κ2) is 3.89. The van der Waals surface area contributed by atoms with Gasteiger partial charge in [0.15, 0.2) is 0 Å². The summed E-state index contributed by atoms with van der Waals surface area (Å²) in [6.45, 7) is 1.97. The van der Waals surface area contributed by atoms with Crippen molar-refractivity contribution >= 4 is 17.7 Å². The van der Waals surface area contributed by atoms with Gasteiger partial charge >= 0.3 is 5.97 Å². The average Bonchev–Trinajstić information content (AvgIpc) is 2.91. The third-order valence-corrected chi connectivity index (χ3v) is 4.35. The maximum atomic E-state index is 11.5. The molecule has 0 aliphatic heterocycles. The van der Waals surface area contributed by atoms with Gasteiger partial charge in [-0.1, -0.05) is 18.2 Å². The Balaban J connectivity index is 1.98. The molecule has 1 saturated carbocycles. The van der Waals surface area contributed by atoms with Crippen LogP contribution in [0.5, 0.6) is 0 Å². The molecule has 1 aliphatic carbocycles. The summed E-state index contributed by atoms with van der Waals surface area (Å²) in [4.78, 5) is 12.7. The van der Waals surface area contributed by atoms with Crippen LogP contribution in [0.15, 0.2) is 35.2 Å². The maximum absolute atomic E-state index is 11.5. The summed E-state index contributed by atoms with van der Waals surface area (Å²) >= 11 is 1.76. The van der Waals surface area contributed by atoms with Crippen molar-refractivity contribution in [1.29, 1.82) is 0 Å². The summed E-state index contributed by atoms with van der Waals surface area (Å²) in [7, 11) is 1.45. The molecule has 1 aromatic rings. The van der Waals surface area contributed by atoms with E-state index in [0.29, 0.717) is 5.25 Å². The molecule has 1 fully saturated rings. The van der Waals surface area contributed by atoms with Gasteiger partial charge in [0.1, 0.15) is 0 Å². The van der Waals surface area contributed by atoms with Crippen LogP contribution in [0.4, 0.5) is 0 Å². The molecular weight excluding hydrogens is 208 g/mol. The van der Waals surface area contributed by atoms with Crippen LogP contribution < -0.4 is 0 Å². The second-order valence-electron chi connectivity index (χ2n) is 4.03. The van der Waals surface area contributed by atoms with Crippen LogP contribution in [0.25, 0.3) is 0 Å². The highest BCUT2D eigenvalue weighted by Gasteiger charge is 2.57. The number of benzene rings is 1. The van der Waals surface area contributed by atoms with E-state index in [9.17, 15) is 4.79 Å². The third-order valence-electron chi connectivity index (χ3n) is 2.83. The van der Waals surface area contributed by atoms with E-state index in [1.54, 1.807) is 11.8 Å². The van der Waals surface area contributed by atoms with Gasteiger partial charge in [-0.2, -0.15) is 0 Å². The summed E-state index contributed by atoms with van der Waals surface area (Å²) in [6, 6.07) is 10.2. The zero-order valence-corrected chi connectivity index (χ0v) is 9.71. The second-order valence-corrected chi connectivity index (χ2v) is 5.31. The first-order chi connectivity index (χ1) is 7.16. The predicted octanol–water partition coefficient (Wildman–Crippen LogP) is 2.73. The standard InChI is InChI=1S/C12H14O2S/c1-12(11(13)14-2)8-10(12)15-9-6-4-3-5-7-9/h3-7,10H,8H2,1-2H3. The highest BCUT2D eigenvalue weighted by Crippen LogP contribution is 2.56. The third kappa shape index (κ3) is 2.02. The van der Waals surface area contributed by atoms with Crippen molar-refractivity contribution in [2.45, 2.75) is 23.5 Å². The summed E-state index contributed by atoms with van der Waals surface area (Å²) in [5.74, 6) is -0.0871. The summed E-state index contributed by atoms with van der Waals surface area (Å²) in [6.07, 6.45) is 0.916. The number of rotatable bonds is 3. The zero-order valence-electron chi connectivity index (χ0n) is 8.90. The van der Waals surface area contributed by atoms with Crippen molar-refractivity contribution in [1.82, 2.24) is 0 Å². The molecule has 0 saturated heterocycles. The fourth-order valence-electron chi connectivity index (χ4n) is 1.61. The van der Waals surface area contributed by atoms with Gasteiger partial charge in [0.05, 0.1) is 12.5 Å². The van der Waals surface area contributed by atoms with Crippen LogP contribution in [-0.4, -0.2) is 18.3 Å². The van der Waals surface area contributed by atoms with E-state index in [-0.39, 0.29) is 11.4 Å². The number of carbonyl (C=O) groups is 1. The first-order valence-corrected chi connectivity index (χ1v) is 5.85. The molecule has 0 radical (unpaired) electrons. The molecule has 2 unspecified atom stereocenters. The monoisotopic (exact) mass is 222 g/mol. The van der Waals surface area contributed by atoms with Crippen LogP contribution in [0, 0.1) is 5.41 Å². The number of esters is 1. The SMILES string of the molecule is COC(=O)C1(C)CC1Sc1ccccc1. The molecule has 2 rings (SSSR count). The molecule has 0 heterocycles. The fourth-order valence-corrected chi connectivity index (χ4v) is 3.04. The topological polar surface area (TPSA) is 26.3 Å². The van der Waals surface area contributed by atoms with Crippen LogP contribution in [0.3, 0.4) is 0 Å². The minimum atomic E-state index is -0.269. The van der Waals surface area contributed by atoms with Gasteiger partial charge in [-0.3, -0.25) is 4.79 Å². The highest BCUT2D eigenvalue weighted by molar-refractivity contribution is 8.00. The molecule has 15 heavy (non-hydrogen) atoms. The van der Waals surface area contributed by atoms with Gasteiger partial charge in [0.25, 0.3) is 0 Å². The summed E-state index contributed by atoms with van der Waals surface area (Å²) in [5, 5.41) is 0.368. The Morgan fingerprint density at radius 1 is 1.47 bits per heavy atom. The molecule has 2 nitrogen and oxygen atoms in total. The van der Waals surface area contributed by atoms with Gasteiger partial charge in [0, 0.05) is 10.1 Å². The van der Waals surface area contributed by atoms with Crippen molar-refractivity contribution in [2.24, 2.45) is 5.41 Å². The van der Waals surface area contributed by atoms with Gasteiger partial charge in [-0.25, -0.2) is 0 Å². The molecule has 1 aromatic carbocycles. The molecule has 2 atom stereocenters. The number of thioether (sulfide) groups is 1. The van der Waals surface area contributed by atoms with Crippen LogP contribution in [0.1, 0.15) is 13.3 Å². The normalized spacial score (nSPS) is 28.5. The minimum Gasteiger partial charge on any atom is -0.469 e. The Morgan fingerprint density at radius 2 is 2.13 bits per heavy atom. The van der Waals surface area contributed by atoms with E-state index >= 15 is 0 Å². The number of ether oxygens (including phenoxy) is 1. The van der Waals surface area contributed by atoms with Crippen molar-refractivity contribution < 1.29 is 9.53 Å². The summed E-state index contributed by atoms with van der Waals surface area (Å²) in [5.41, 5.74) is -0.269. The number of methoxy groups -OCH3 is 1.